The highest BCUT2D eigenvalue weighted by Crippen LogP contribution is 2.52. The summed E-state index contributed by atoms with van der Waals surface area (Å²) in [5.74, 6) is 2.25. The summed E-state index contributed by atoms with van der Waals surface area (Å²) in [6.45, 7) is 8.28. The minimum atomic E-state index is -0.595. The number of fused-ring (bicyclic) bond motifs is 9. The molecule has 4 aliphatic rings. The molecule has 9 nitrogen and oxygen atoms in total. The van der Waals surface area contributed by atoms with E-state index in [4.69, 9.17) is 19.7 Å². The third kappa shape index (κ3) is 4.23. The number of benzene rings is 2. The highest BCUT2D eigenvalue weighted by molar-refractivity contribution is 5.98. The Morgan fingerprint density at radius 3 is 2.50 bits per heavy atom. The molecule has 2 aromatic heterocycles. The molecule has 8 rings (SSSR count). The predicted molar refractivity (Wildman–Crippen MR) is 166 cm³/mol. The Hall–Kier alpha value is -4.27. The van der Waals surface area contributed by atoms with Gasteiger partial charge in [0.2, 0.25) is 0 Å². The van der Waals surface area contributed by atoms with Crippen LogP contribution in [0.15, 0.2) is 48.8 Å². The molecule has 4 heterocycles. The summed E-state index contributed by atoms with van der Waals surface area (Å²) < 4.78 is 7.92. The van der Waals surface area contributed by atoms with Gasteiger partial charge in [-0.05, 0) is 101 Å². The van der Waals surface area contributed by atoms with E-state index in [0.29, 0.717) is 18.3 Å². The average molecular weight is 591 g/mol. The van der Waals surface area contributed by atoms with Crippen LogP contribution in [-0.4, -0.2) is 48.6 Å². The number of ether oxygens (including phenoxy) is 1. The van der Waals surface area contributed by atoms with Crippen LogP contribution in [0.2, 0.25) is 0 Å². The van der Waals surface area contributed by atoms with Gasteiger partial charge in [-0.2, -0.15) is 0 Å². The van der Waals surface area contributed by atoms with Crippen LogP contribution in [0.4, 0.5) is 4.79 Å². The number of aromatic nitrogens is 4. The van der Waals surface area contributed by atoms with Crippen LogP contribution in [0.5, 0.6) is 0 Å². The fraction of sp³-hybridized carbons (Fsp3) is 0.457. The molecule has 2 aliphatic carbocycles. The lowest BCUT2D eigenvalue weighted by molar-refractivity contribution is 0.0364. The van der Waals surface area contributed by atoms with Gasteiger partial charge in [0.15, 0.2) is 5.82 Å². The molecular weight excluding hydrogens is 552 g/mol. The number of nitrogens with one attached hydrogen (secondary N) is 1. The van der Waals surface area contributed by atoms with E-state index in [1.807, 2.05) is 44.1 Å². The molecule has 9 heteroatoms. The maximum absolute atomic E-state index is 13.8. The van der Waals surface area contributed by atoms with Crippen molar-refractivity contribution in [2.24, 2.45) is 0 Å². The van der Waals surface area contributed by atoms with Crippen LogP contribution in [-0.2, 0) is 10.3 Å². The number of carbonyl (C=O) groups is 2. The van der Waals surface area contributed by atoms with Crippen LogP contribution >= 0.6 is 0 Å². The van der Waals surface area contributed by atoms with Gasteiger partial charge < -0.3 is 19.5 Å². The number of alkyl carbamates (subject to hydrolysis) is 1. The van der Waals surface area contributed by atoms with E-state index < -0.39 is 17.2 Å². The lowest BCUT2D eigenvalue weighted by Gasteiger charge is -2.41. The molecule has 2 fully saturated rings. The van der Waals surface area contributed by atoms with Crippen molar-refractivity contribution in [1.29, 1.82) is 0 Å². The van der Waals surface area contributed by atoms with Crippen molar-refractivity contribution < 1.29 is 14.3 Å². The monoisotopic (exact) mass is 590 g/mol. The van der Waals surface area contributed by atoms with Crippen molar-refractivity contribution in [2.45, 2.75) is 95.4 Å². The molecule has 226 valence electrons. The van der Waals surface area contributed by atoms with Crippen LogP contribution in [0, 0.1) is 0 Å². The smallest absolute Gasteiger partial charge is 0.408 e. The summed E-state index contributed by atoms with van der Waals surface area (Å²) in [4.78, 5) is 43.0. The van der Waals surface area contributed by atoms with Crippen LogP contribution < -0.4 is 5.32 Å². The molecular formula is C35H38N6O3. The van der Waals surface area contributed by atoms with Crippen molar-refractivity contribution in [3.8, 4) is 11.1 Å². The predicted octanol–water partition coefficient (Wildman–Crippen LogP) is 6.78. The van der Waals surface area contributed by atoms with Gasteiger partial charge in [0.25, 0.3) is 5.91 Å². The minimum Gasteiger partial charge on any atom is -0.444 e. The zero-order chi connectivity index (χ0) is 30.4. The number of hydrogen-bond donors (Lipinski definition) is 1. The highest BCUT2D eigenvalue weighted by Gasteiger charge is 2.47. The van der Waals surface area contributed by atoms with Crippen LogP contribution in [0.25, 0.3) is 22.2 Å². The Morgan fingerprint density at radius 2 is 1.84 bits per heavy atom. The summed E-state index contributed by atoms with van der Waals surface area (Å²) in [5.41, 5.74) is 6.12. The standard InChI is InChI=1S/C35H38N6O3/c1-5-40-28-17-27(29-23(20-10-11-20)8-6-9-24(29)31(40)42)41-26-16-21(12-13-25(26)38-30(28)41)22-18-36-32(37-19-22)35(14-7-15-35)39-33(43)44-34(2,3)4/h6,8-9,12-13,16,18-20,27-28H,5,7,10-11,14-15,17H2,1-4H3,(H,39,43)/t27-,28-/m1/s1. The van der Waals surface area contributed by atoms with Gasteiger partial charge in [0.1, 0.15) is 17.0 Å². The number of rotatable bonds is 5. The number of carbonyl (C=O) groups excluding carboxylic acids is 2. The maximum atomic E-state index is 13.8. The van der Waals surface area contributed by atoms with E-state index in [1.54, 1.807) is 0 Å². The summed E-state index contributed by atoms with van der Waals surface area (Å²) in [6.07, 6.45) is 9.04. The van der Waals surface area contributed by atoms with Crippen molar-refractivity contribution in [3.05, 3.63) is 77.1 Å². The normalized spacial score (nSPS) is 21.8. The van der Waals surface area contributed by atoms with Gasteiger partial charge >= 0.3 is 6.09 Å². The number of hydrogen-bond acceptors (Lipinski definition) is 6. The highest BCUT2D eigenvalue weighted by atomic mass is 16.6. The molecule has 1 N–H and O–H groups in total. The zero-order valence-electron chi connectivity index (χ0n) is 25.8. The van der Waals surface area contributed by atoms with Gasteiger partial charge in [0.05, 0.1) is 23.1 Å². The second kappa shape index (κ2) is 9.61. The molecule has 0 radical (unpaired) electrons. The summed E-state index contributed by atoms with van der Waals surface area (Å²) in [5, 5.41) is 3.05. The first kappa shape index (κ1) is 27.3. The Bertz CT molecular complexity index is 1810. The molecule has 44 heavy (non-hydrogen) atoms. The largest absolute Gasteiger partial charge is 0.444 e. The van der Waals surface area contributed by atoms with E-state index in [-0.39, 0.29) is 18.0 Å². The molecule has 0 saturated heterocycles. The second-order valence-corrected chi connectivity index (χ2v) is 13.8. The number of nitrogens with zero attached hydrogens (tertiary/aromatic N) is 5. The van der Waals surface area contributed by atoms with Gasteiger partial charge in [-0.1, -0.05) is 18.2 Å². The fourth-order valence-electron chi connectivity index (χ4n) is 7.50. The molecule has 2 saturated carbocycles. The molecule has 4 aromatic rings. The Kier molecular flexibility index (Phi) is 5.96. The van der Waals surface area contributed by atoms with Gasteiger partial charge in [-0.15, -0.1) is 0 Å². The summed E-state index contributed by atoms with van der Waals surface area (Å²) >= 11 is 0. The molecule has 2 amide bonds. The molecule has 0 spiro atoms. The summed E-state index contributed by atoms with van der Waals surface area (Å²) in [7, 11) is 0. The van der Waals surface area contributed by atoms with Crippen molar-refractivity contribution >= 4 is 23.0 Å². The van der Waals surface area contributed by atoms with Crippen LogP contribution in [0.3, 0.4) is 0 Å². The average Bonchev–Trinajstić information content (AvgIpc) is 3.69. The maximum Gasteiger partial charge on any atom is 0.408 e. The van der Waals surface area contributed by atoms with E-state index in [0.717, 1.165) is 59.2 Å². The Balaban J connectivity index is 1.17. The molecule has 2 bridgehead atoms. The first-order chi connectivity index (χ1) is 21.2. The van der Waals surface area contributed by atoms with Gasteiger partial charge in [0, 0.05) is 36.5 Å². The molecule has 2 aromatic carbocycles. The SMILES string of the molecule is CCN1C(=O)c2cccc(C3CC3)c2[C@H]2C[C@@H]1c1nc3ccc(-c4cnc(C5(NC(=O)OC(C)(C)C)CCC5)nc4)cc3n12. The van der Waals surface area contributed by atoms with Gasteiger partial charge in [-0.3, -0.25) is 4.79 Å². The first-order valence-corrected chi connectivity index (χ1v) is 16.0. The van der Waals surface area contributed by atoms with E-state index in [9.17, 15) is 9.59 Å². The number of imidazole rings is 1. The topological polar surface area (TPSA) is 102 Å². The third-order valence-corrected chi connectivity index (χ3v) is 9.83. The summed E-state index contributed by atoms with van der Waals surface area (Å²) in [6, 6.07) is 12.7. The first-order valence-electron chi connectivity index (χ1n) is 16.0. The molecule has 0 unspecified atom stereocenters. The van der Waals surface area contributed by atoms with E-state index >= 15 is 0 Å². The number of amides is 2. The van der Waals surface area contributed by atoms with Crippen LogP contribution in [0.1, 0.15) is 117 Å². The zero-order valence-corrected chi connectivity index (χ0v) is 25.8. The molecule has 2 aliphatic heterocycles. The lowest BCUT2D eigenvalue weighted by atomic mass is 9.76. The van der Waals surface area contributed by atoms with Gasteiger partial charge in [-0.25, -0.2) is 19.7 Å². The second-order valence-electron chi connectivity index (χ2n) is 13.8. The molecule has 2 atom stereocenters. The lowest BCUT2D eigenvalue weighted by Crippen LogP contribution is -2.53. The van der Waals surface area contributed by atoms with Crippen molar-refractivity contribution in [3.63, 3.8) is 0 Å². The Labute approximate surface area is 257 Å². The quantitative estimate of drug-likeness (QED) is 0.275. The fourth-order valence-corrected chi connectivity index (χ4v) is 7.50. The van der Waals surface area contributed by atoms with Crippen molar-refractivity contribution in [2.75, 3.05) is 6.54 Å². The third-order valence-electron chi connectivity index (χ3n) is 9.83. The Morgan fingerprint density at radius 1 is 1.07 bits per heavy atom. The minimum absolute atomic E-state index is 0.0495. The van der Waals surface area contributed by atoms with E-state index in [1.165, 1.54) is 24.0 Å². The van der Waals surface area contributed by atoms with Crippen molar-refractivity contribution in [1.82, 2.24) is 29.7 Å². The van der Waals surface area contributed by atoms with E-state index in [2.05, 4.69) is 47.1 Å².